The first-order valence-corrected chi connectivity index (χ1v) is 11.5. The summed E-state index contributed by atoms with van der Waals surface area (Å²) in [7, 11) is 0. The molecule has 1 atom stereocenters. The van der Waals surface area contributed by atoms with Crippen LogP contribution in [0, 0.1) is 25.2 Å². The van der Waals surface area contributed by atoms with E-state index >= 15 is 0 Å². The lowest BCUT2D eigenvalue weighted by atomic mass is 9.81. The van der Waals surface area contributed by atoms with E-state index < -0.39 is 5.92 Å². The van der Waals surface area contributed by atoms with Crippen molar-refractivity contribution in [1.82, 2.24) is 5.32 Å². The molecule has 0 spiro atoms. The van der Waals surface area contributed by atoms with Crippen LogP contribution in [0.2, 0.25) is 5.02 Å². The van der Waals surface area contributed by atoms with Crippen molar-refractivity contribution in [2.45, 2.75) is 33.6 Å². The maximum absolute atomic E-state index is 12.6. The molecule has 0 saturated carbocycles. The molecular weight excluding hydrogens is 442 g/mol. The first kappa shape index (κ1) is 23.6. The van der Waals surface area contributed by atoms with Gasteiger partial charge in [0.15, 0.2) is 5.78 Å². The zero-order chi connectivity index (χ0) is 23.4. The molecule has 32 heavy (non-hydrogen) atoms. The highest BCUT2D eigenvalue weighted by Crippen LogP contribution is 2.42. The van der Waals surface area contributed by atoms with Gasteiger partial charge in [0.25, 0.3) is 0 Å². The maximum atomic E-state index is 12.6. The van der Waals surface area contributed by atoms with Gasteiger partial charge in [0.2, 0.25) is 5.91 Å². The number of allylic oxidation sites excluding steroid dienone is 3. The van der Waals surface area contributed by atoms with Gasteiger partial charge in [0.05, 0.1) is 28.3 Å². The van der Waals surface area contributed by atoms with Gasteiger partial charge in [-0.15, -0.1) is 0 Å². The molecule has 2 aromatic rings. The number of nitrogens with zero attached hydrogens (tertiary/aromatic N) is 1. The van der Waals surface area contributed by atoms with Crippen molar-refractivity contribution in [3.8, 4) is 6.07 Å². The third kappa shape index (κ3) is 5.07. The predicted molar refractivity (Wildman–Crippen MR) is 130 cm³/mol. The third-order valence-electron chi connectivity index (χ3n) is 5.25. The Balaban J connectivity index is 1.89. The van der Waals surface area contributed by atoms with Crippen molar-refractivity contribution >= 4 is 40.7 Å². The molecule has 7 heteroatoms. The molecule has 1 aliphatic rings. The Morgan fingerprint density at radius 3 is 2.53 bits per heavy atom. The lowest BCUT2D eigenvalue weighted by Gasteiger charge is -2.29. The summed E-state index contributed by atoms with van der Waals surface area (Å²) in [5.41, 5.74) is 5.08. The summed E-state index contributed by atoms with van der Waals surface area (Å²) in [6.45, 7) is 7.22. The van der Waals surface area contributed by atoms with E-state index in [1.54, 1.807) is 19.1 Å². The van der Waals surface area contributed by atoms with E-state index in [0.29, 0.717) is 32.5 Å². The minimum atomic E-state index is -0.586. The largest absolute Gasteiger partial charge is 0.353 e. The molecule has 0 unspecified atom stereocenters. The van der Waals surface area contributed by atoms with Crippen molar-refractivity contribution < 1.29 is 9.59 Å². The Hall–Kier alpha value is -3.01. The van der Waals surface area contributed by atoms with E-state index in [9.17, 15) is 14.9 Å². The summed E-state index contributed by atoms with van der Waals surface area (Å²) in [5, 5.41) is 17.1. The number of thioether (sulfide) groups is 1. The van der Waals surface area contributed by atoms with Gasteiger partial charge in [0.1, 0.15) is 0 Å². The van der Waals surface area contributed by atoms with Gasteiger partial charge in [-0.1, -0.05) is 59.3 Å². The number of dihydropyridines is 1. The predicted octanol–water partition coefficient (Wildman–Crippen LogP) is 5.61. The molecule has 0 saturated heterocycles. The molecular formula is C25H24ClN3O2S. The summed E-state index contributed by atoms with van der Waals surface area (Å²) in [6, 6.07) is 15.3. The summed E-state index contributed by atoms with van der Waals surface area (Å²) >= 11 is 7.67. The monoisotopic (exact) mass is 465 g/mol. The average Bonchev–Trinajstić information content (AvgIpc) is 2.73. The van der Waals surface area contributed by atoms with Gasteiger partial charge in [0, 0.05) is 22.0 Å². The van der Waals surface area contributed by atoms with E-state index in [0.717, 1.165) is 16.8 Å². The number of nitriles is 1. The molecule has 0 bridgehead atoms. The molecule has 2 N–H and O–H groups in total. The fourth-order valence-corrected chi connectivity index (χ4v) is 4.93. The van der Waals surface area contributed by atoms with Gasteiger partial charge >= 0.3 is 0 Å². The second-order valence-corrected chi connectivity index (χ2v) is 9.08. The molecule has 1 amide bonds. The number of amides is 1. The van der Waals surface area contributed by atoms with Crippen LogP contribution in [0.1, 0.15) is 36.5 Å². The van der Waals surface area contributed by atoms with Gasteiger partial charge in [-0.2, -0.15) is 5.26 Å². The number of nitrogens with one attached hydrogen (secondary N) is 2. The van der Waals surface area contributed by atoms with Crippen LogP contribution in [0.25, 0.3) is 0 Å². The number of Topliss-reactive ketones (excluding diaryl/α,β-unsaturated/α-hetero) is 1. The Morgan fingerprint density at radius 2 is 1.91 bits per heavy atom. The highest BCUT2D eigenvalue weighted by molar-refractivity contribution is 8.03. The first-order valence-electron chi connectivity index (χ1n) is 10.1. The number of anilines is 1. The van der Waals surface area contributed by atoms with Crippen molar-refractivity contribution in [3.63, 3.8) is 0 Å². The molecule has 3 rings (SSSR count). The number of carbonyl (C=O) groups is 2. The molecule has 1 heterocycles. The van der Waals surface area contributed by atoms with Crippen LogP contribution in [0.4, 0.5) is 5.69 Å². The smallest absolute Gasteiger partial charge is 0.234 e. The van der Waals surface area contributed by atoms with Crippen LogP contribution in [-0.4, -0.2) is 17.4 Å². The van der Waals surface area contributed by atoms with Crippen molar-refractivity contribution in [2.24, 2.45) is 0 Å². The molecule has 1 aliphatic heterocycles. The highest BCUT2D eigenvalue weighted by Gasteiger charge is 2.34. The summed E-state index contributed by atoms with van der Waals surface area (Å²) in [5.74, 6) is -0.790. The number of hydrogen-bond acceptors (Lipinski definition) is 5. The SMILES string of the molecule is CC(=O)C1=C(C)NC(SCC(=O)Nc2ccc(C)cc2C)=C(C#N)[C@H]1c1ccccc1Cl. The molecule has 164 valence electrons. The van der Waals surface area contributed by atoms with E-state index in [1.165, 1.54) is 18.7 Å². The molecule has 0 aliphatic carbocycles. The third-order valence-corrected chi connectivity index (χ3v) is 6.61. The Morgan fingerprint density at radius 1 is 1.19 bits per heavy atom. The van der Waals surface area contributed by atoms with Gasteiger partial charge < -0.3 is 10.6 Å². The van der Waals surface area contributed by atoms with Crippen molar-refractivity contribution in [1.29, 1.82) is 5.26 Å². The summed E-state index contributed by atoms with van der Waals surface area (Å²) in [4.78, 5) is 25.0. The van der Waals surface area contributed by atoms with Crippen molar-refractivity contribution in [2.75, 3.05) is 11.1 Å². The van der Waals surface area contributed by atoms with Crippen LogP contribution < -0.4 is 10.6 Å². The topological polar surface area (TPSA) is 82.0 Å². The highest BCUT2D eigenvalue weighted by atomic mass is 35.5. The van der Waals surface area contributed by atoms with Crippen molar-refractivity contribution in [3.05, 3.63) is 86.0 Å². The van der Waals surface area contributed by atoms with Gasteiger partial charge in [-0.3, -0.25) is 9.59 Å². The standard InChI is InChI=1S/C25H24ClN3O2S/c1-14-9-10-21(15(2)11-14)29-22(31)13-32-25-19(12-27)24(18-7-5-6-8-20(18)26)23(17(4)30)16(3)28-25/h5-11,24,28H,13H2,1-4H3,(H,29,31)/t24-/m1/s1. The number of halogens is 1. The normalized spacial score (nSPS) is 15.8. The van der Waals surface area contributed by atoms with Crippen LogP contribution in [0.5, 0.6) is 0 Å². The average molecular weight is 466 g/mol. The minimum Gasteiger partial charge on any atom is -0.353 e. The molecule has 5 nitrogen and oxygen atoms in total. The zero-order valence-electron chi connectivity index (χ0n) is 18.4. The second kappa shape index (κ2) is 10.1. The Bertz CT molecular complexity index is 1190. The Kier molecular flexibility index (Phi) is 7.44. The molecule has 2 aromatic carbocycles. The maximum Gasteiger partial charge on any atom is 0.234 e. The summed E-state index contributed by atoms with van der Waals surface area (Å²) < 4.78 is 0. The minimum absolute atomic E-state index is 0.110. The fourth-order valence-electron chi connectivity index (χ4n) is 3.79. The summed E-state index contributed by atoms with van der Waals surface area (Å²) in [6.07, 6.45) is 0. The number of ketones is 1. The Labute approximate surface area is 197 Å². The lowest BCUT2D eigenvalue weighted by molar-refractivity contribution is -0.114. The van der Waals surface area contributed by atoms with Crippen LogP contribution in [0.3, 0.4) is 0 Å². The van der Waals surface area contributed by atoms with Gasteiger partial charge in [-0.25, -0.2) is 0 Å². The van der Waals surface area contributed by atoms with Crippen LogP contribution >= 0.6 is 23.4 Å². The fraction of sp³-hybridized carbons (Fsp3) is 0.240. The van der Waals surface area contributed by atoms with E-state index in [2.05, 4.69) is 16.7 Å². The zero-order valence-corrected chi connectivity index (χ0v) is 19.9. The van der Waals surface area contributed by atoms with Gasteiger partial charge in [-0.05, 0) is 51.0 Å². The molecule has 0 fully saturated rings. The number of aryl methyl sites for hydroxylation is 2. The van der Waals surface area contributed by atoms with Crippen LogP contribution in [-0.2, 0) is 9.59 Å². The number of rotatable bonds is 6. The molecule has 0 radical (unpaired) electrons. The number of carbonyl (C=O) groups excluding carboxylic acids is 2. The number of benzene rings is 2. The van der Waals surface area contributed by atoms with E-state index in [1.807, 2.05) is 44.2 Å². The van der Waals surface area contributed by atoms with E-state index in [-0.39, 0.29) is 17.4 Å². The van der Waals surface area contributed by atoms with Crippen LogP contribution in [0.15, 0.2) is 64.3 Å². The lowest BCUT2D eigenvalue weighted by Crippen LogP contribution is -2.28. The van der Waals surface area contributed by atoms with E-state index in [4.69, 9.17) is 11.6 Å². The first-order chi connectivity index (χ1) is 15.2. The second-order valence-electron chi connectivity index (χ2n) is 7.68. The number of hydrogen-bond donors (Lipinski definition) is 2. The quantitative estimate of drug-likeness (QED) is 0.579. The molecule has 0 aromatic heterocycles.